The molecule has 0 bridgehead atoms. The molecule has 1 saturated carbocycles. The SMILES string of the molecule is Fc1cc(F)c2ncn(C3CC3)c2c1. The molecule has 0 atom stereocenters. The van der Waals surface area contributed by atoms with Gasteiger partial charge < -0.3 is 4.57 Å². The van der Waals surface area contributed by atoms with Crippen LogP contribution in [0.5, 0.6) is 0 Å². The normalized spacial score (nSPS) is 16.4. The first-order valence-electron chi connectivity index (χ1n) is 4.57. The summed E-state index contributed by atoms with van der Waals surface area (Å²) in [7, 11) is 0. The van der Waals surface area contributed by atoms with Crippen LogP contribution in [-0.2, 0) is 0 Å². The summed E-state index contributed by atoms with van der Waals surface area (Å²) in [5.74, 6) is -1.13. The van der Waals surface area contributed by atoms with Crippen LogP contribution in [0.25, 0.3) is 11.0 Å². The van der Waals surface area contributed by atoms with Crippen molar-refractivity contribution in [3.8, 4) is 0 Å². The standard InChI is InChI=1S/C10H8F2N2/c11-6-3-8(12)10-9(4-6)14(5-13-10)7-1-2-7/h3-5,7H,1-2H2. The molecule has 1 heterocycles. The average Bonchev–Trinajstić information content (AvgIpc) is 2.87. The Bertz CT molecular complexity index is 500. The van der Waals surface area contributed by atoms with Crippen LogP contribution < -0.4 is 0 Å². The van der Waals surface area contributed by atoms with Crippen molar-refractivity contribution in [1.82, 2.24) is 9.55 Å². The van der Waals surface area contributed by atoms with Gasteiger partial charge >= 0.3 is 0 Å². The van der Waals surface area contributed by atoms with Crippen LogP contribution in [0.2, 0.25) is 0 Å². The molecule has 1 aromatic heterocycles. The summed E-state index contributed by atoms with van der Waals surface area (Å²) in [6, 6.07) is 2.59. The highest BCUT2D eigenvalue weighted by Crippen LogP contribution is 2.37. The topological polar surface area (TPSA) is 17.8 Å². The third kappa shape index (κ3) is 1.03. The summed E-state index contributed by atoms with van der Waals surface area (Å²) in [5.41, 5.74) is 0.823. The maximum Gasteiger partial charge on any atom is 0.153 e. The fraction of sp³-hybridized carbons (Fsp3) is 0.300. The molecule has 4 heteroatoms. The molecule has 0 amide bonds. The van der Waals surface area contributed by atoms with E-state index in [-0.39, 0.29) is 5.52 Å². The molecule has 1 aliphatic carbocycles. The molecule has 0 aliphatic heterocycles. The maximum absolute atomic E-state index is 13.2. The van der Waals surface area contributed by atoms with Crippen LogP contribution in [0.15, 0.2) is 18.5 Å². The lowest BCUT2D eigenvalue weighted by molar-refractivity contribution is 0.590. The minimum atomic E-state index is -0.584. The summed E-state index contributed by atoms with van der Waals surface area (Å²) in [4.78, 5) is 3.94. The van der Waals surface area contributed by atoms with E-state index in [0.717, 1.165) is 18.9 Å². The molecule has 1 aliphatic rings. The minimum Gasteiger partial charge on any atom is -0.327 e. The van der Waals surface area contributed by atoms with Gasteiger partial charge in [0.2, 0.25) is 0 Å². The first-order valence-corrected chi connectivity index (χ1v) is 4.57. The van der Waals surface area contributed by atoms with Crippen LogP contribution >= 0.6 is 0 Å². The van der Waals surface area contributed by atoms with Gasteiger partial charge in [0.1, 0.15) is 11.3 Å². The lowest BCUT2D eigenvalue weighted by atomic mass is 10.3. The summed E-state index contributed by atoms with van der Waals surface area (Å²) in [5, 5.41) is 0. The van der Waals surface area contributed by atoms with Crippen molar-refractivity contribution in [2.75, 3.05) is 0 Å². The number of rotatable bonds is 1. The Morgan fingerprint density at radius 3 is 2.79 bits per heavy atom. The third-order valence-electron chi connectivity index (χ3n) is 2.54. The zero-order chi connectivity index (χ0) is 9.71. The van der Waals surface area contributed by atoms with Crippen LogP contribution in [0, 0.1) is 11.6 Å². The number of benzene rings is 1. The van der Waals surface area contributed by atoms with Crippen molar-refractivity contribution in [3.05, 3.63) is 30.1 Å². The Balaban J connectivity index is 2.33. The van der Waals surface area contributed by atoms with E-state index in [4.69, 9.17) is 0 Å². The number of hydrogen-bond acceptors (Lipinski definition) is 1. The van der Waals surface area contributed by atoms with Gasteiger partial charge in [-0.15, -0.1) is 0 Å². The molecule has 0 spiro atoms. The van der Waals surface area contributed by atoms with Crippen LogP contribution in [0.4, 0.5) is 8.78 Å². The zero-order valence-corrected chi connectivity index (χ0v) is 7.37. The number of halogens is 2. The van der Waals surface area contributed by atoms with E-state index >= 15 is 0 Å². The number of hydrogen-bond donors (Lipinski definition) is 0. The molecular weight excluding hydrogens is 186 g/mol. The second-order valence-corrected chi connectivity index (χ2v) is 3.64. The lowest BCUT2D eigenvalue weighted by Crippen LogP contribution is -1.91. The van der Waals surface area contributed by atoms with Crippen molar-refractivity contribution >= 4 is 11.0 Å². The summed E-state index contributed by atoms with van der Waals surface area (Å²) in [6.07, 6.45) is 3.73. The highest BCUT2D eigenvalue weighted by atomic mass is 19.1. The quantitative estimate of drug-likeness (QED) is 0.682. The van der Waals surface area contributed by atoms with Gasteiger partial charge in [0.15, 0.2) is 5.82 Å². The van der Waals surface area contributed by atoms with E-state index in [2.05, 4.69) is 4.98 Å². The summed E-state index contributed by atoms with van der Waals surface area (Å²) in [6.45, 7) is 0. The fourth-order valence-electron chi connectivity index (χ4n) is 1.70. The van der Waals surface area contributed by atoms with Crippen LogP contribution in [-0.4, -0.2) is 9.55 Å². The third-order valence-corrected chi connectivity index (χ3v) is 2.54. The molecule has 1 fully saturated rings. The van der Waals surface area contributed by atoms with E-state index in [0.29, 0.717) is 11.6 Å². The van der Waals surface area contributed by atoms with E-state index in [1.807, 2.05) is 4.57 Å². The van der Waals surface area contributed by atoms with Crippen molar-refractivity contribution < 1.29 is 8.78 Å². The van der Waals surface area contributed by atoms with Gasteiger partial charge in [-0.1, -0.05) is 0 Å². The largest absolute Gasteiger partial charge is 0.327 e. The Hall–Kier alpha value is -1.45. The van der Waals surface area contributed by atoms with Gasteiger partial charge in [0.25, 0.3) is 0 Å². The van der Waals surface area contributed by atoms with Crippen LogP contribution in [0.1, 0.15) is 18.9 Å². The molecule has 0 unspecified atom stereocenters. The molecule has 3 rings (SSSR count). The van der Waals surface area contributed by atoms with Gasteiger partial charge in [-0.3, -0.25) is 0 Å². The zero-order valence-electron chi connectivity index (χ0n) is 7.37. The maximum atomic E-state index is 13.2. The molecule has 14 heavy (non-hydrogen) atoms. The summed E-state index contributed by atoms with van der Waals surface area (Å²) >= 11 is 0. The Labute approximate surface area is 79.2 Å². The number of nitrogens with zero attached hydrogens (tertiary/aromatic N) is 2. The van der Waals surface area contributed by atoms with Crippen molar-refractivity contribution in [2.24, 2.45) is 0 Å². The molecule has 0 radical (unpaired) electrons. The second-order valence-electron chi connectivity index (χ2n) is 3.64. The van der Waals surface area contributed by atoms with Gasteiger partial charge in [-0.2, -0.15) is 0 Å². The van der Waals surface area contributed by atoms with Gasteiger partial charge in [-0.05, 0) is 18.9 Å². The second kappa shape index (κ2) is 2.53. The van der Waals surface area contributed by atoms with Gasteiger partial charge in [0, 0.05) is 12.1 Å². The number of fused-ring (bicyclic) bond motifs is 1. The van der Waals surface area contributed by atoms with Crippen molar-refractivity contribution in [1.29, 1.82) is 0 Å². The molecular formula is C10H8F2N2. The van der Waals surface area contributed by atoms with E-state index < -0.39 is 11.6 Å². The monoisotopic (exact) mass is 194 g/mol. The Kier molecular flexibility index (Phi) is 1.43. The smallest absolute Gasteiger partial charge is 0.153 e. The van der Waals surface area contributed by atoms with E-state index in [1.165, 1.54) is 6.07 Å². The van der Waals surface area contributed by atoms with E-state index in [9.17, 15) is 8.78 Å². The molecule has 2 aromatic rings. The molecule has 1 aromatic carbocycles. The van der Waals surface area contributed by atoms with Crippen molar-refractivity contribution in [3.63, 3.8) is 0 Å². The van der Waals surface area contributed by atoms with Gasteiger partial charge in [-0.25, -0.2) is 13.8 Å². The predicted molar refractivity (Wildman–Crippen MR) is 47.9 cm³/mol. The average molecular weight is 194 g/mol. The first kappa shape index (κ1) is 7.91. The molecule has 72 valence electrons. The molecule has 2 nitrogen and oxygen atoms in total. The highest BCUT2D eigenvalue weighted by Gasteiger charge is 2.25. The highest BCUT2D eigenvalue weighted by molar-refractivity contribution is 5.76. The Morgan fingerprint density at radius 1 is 1.29 bits per heavy atom. The number of imidazole rings is 1. The summed E-state index contributed by atoms with van der Waals surface area (Å²) < 4.78 is 28.0. The van der Waals surface area contributed by atoms with Gasteiger partial charge in [0.05, 0.1) is 11.8 Å². The predicted octanol–water partition coefficient (Wildman–Crippen LogP) is 2.65. The molecule has 0 saturated heterocycles. The Morgan fingerprint density at radius 2 is 2.07 bits per heavy atom. The van der Waals surface area contributed by atoms with Crippen LogP contribution in [0.3, 0.4) is 0 Å². The minimum absolute atomic E-state index is 0.262. The lowest BCUT2D eigenvalue weighted by Gasteiger charge is -2.00. The fourth-order valence-corrected chi connectivity index (χ4v) is 1.70. The molecule has 0 N–H and O–H groups in total. The number of aromatic nitrogens is 2. The van der Waals surface area contributed by atoms with Crippen molar-refractivity contribution in [2.45, 2.75) is 18.9 Å². The van der Waals surface area contributed by atoms with E-state index in [1.54, 1.807) is 6.33 Å². The first-order chi connectivity index (χ1) is 6.75.